The van der Waals surface area contributed by atoms with Crippen LogP contribution in [0.5, 0.6) is 5.75 Å². The minimum absolute atomic E-state index is 0.660. The first kappa shape index (κ1) is 9.40. The van der Waals surface area contributed by atoms with Gasteiger partial charge in [0.1, 0.15) is 5.75 Å². The van der Waals surface area contributed by atoms with E-state index in [-0.39, 0.29) is 0 Å². The molecule has 0 saturated heterocycles. The minimum Gasteiger partial charge on any atom is -0.492 e. The highest BCUT2D eigenvalue weighted by molar-refractivity contribution is 6.32. The molecule has 1 nitrogen and oxygen atoms in total. The van der Waals surface area contributed by atoms with Crippen molar-refractivity contribution in [3.8, 4) is 5.75 Å². The van der Waals surface area contributed by atoms with Crippen molar-refractivity contribution in [3.63, 3.8) is 0 Å². The van der Waals surface area contributed by atoms with Gasteiger partial charge >= 0.3 is 0 Å². The average molecular weight is 185 g/mol. The molecule has 0 aliphatic heterocycles. The summed E-state index contributed by atoms with van der Waals surface area (Å²) >= 11 is 5.91. The van der Waals surface area contributed by atoms with Crippen LogP contribution in [0.2, 0.25) is 5.02 Å². The zero-order chi connectivity index (χ0) is 8.97. The number of benzene rings is 1. The molecule has 0 N–H and O–H groups in total. The normalized spacial score (nSPS) is 9.92. The van der Waals surface area contributed by atoms with Crippen molar-refractivity contribution in [2.24, 2.45) is 0 Å². The Balaban J connectivity index is 2.91. The molecule has 1 rings (SSSR count). The monoisotopic (exact) mass is 184 g/mol. The van der Waals surface area contributed by atoms with Gasteiger partial charge in [-0.3, -0.25) is 0 Å². The Morgan fingerprint density at radius 1 is 1.33 bits per heavy atom. The number of rotatable bonds is 3. The van der Waals surface area contributed by atoms with E-state index in [2.05, 4.69) is 6.92 Å². The van der Waals surface area contributed by atoms with E-state index in [4.69, 9.17) is 16.3 Å². The lowest BCUT2D eigenvalue weighted by molar-refractivity contribution is 0.340. The van der Waals surface area contributed by atoms with Crippen LogP contribution in [0.25, 0.3) is 0 Å². The van der Waals surface area contributed by atoms with Gasteiger partial charge in [0.05, 0.1) is 11.6 Å². The summed E-state index contributed by atoms with van der Waals surface area (Å²) in [5, 5.41) is 0.689. The van der Waals surface area contributed by atoms with Crippen LogP contribution in [0.15, 0.2) is 18.2 Å². The van der Waals surface area contributed by atoms with Crippen LogP contribution in [0.4, 0.5) is 0 Å². The highest BCUT2D eigenvalue weighted by Crippen LogP contribution is 2.25. The van der Waals surface area contributed by atoms with Gasteiger partial charge in [-0.05, 0) is 31.0 Å². The van der Waals surface area contributed by atoms with Crippen LogP contribution < -0.4 is 4.74 Å². The largest absolute Gasteiger partial charge is 0.492 e. The van der Waals surface area contributed by atoms with Crippen LogP contribution in [-0.2, 0) is 6.42 Å². The van der Waals surface area contributed by atoms with Crippen LogP contribution >= 0.6 is 11.6 Å². The van der Waals surface area contributed by atoms with Crippen molar-refractivity contribution in [1.82, 2.24) is 0 Å². The van der Waals surface area contributed by atoms with Gasteiger partial charge in [-0.1, -0.05) is 24.6 Å². The summed E-state index contributed by atoms with van der Waals surface area (Å²) in [6.45, 7) is 4.72. The first-order valence-electron chi connectivity index (χ1n) is 4.19. The van der Waals surface area contributed by atoms with E-state index in [0.29, 0.717) is 11.6 Å². The molecule has 0 aliphatic carbocycles. The molecular weight excluding hydrogens is 172 g/mol. The van der Waals surface area contributed by atoms with Gasteiger partial charge in [0.25, 0.3) is 0 Å². The Morgan fingerprint density at radius 3 is 2.67 bits per heavy atom. The second-order valence-corrected chi connectivity index (χ2v) is 2.96. The third-order valence-electron chi connectivity index (χ3n) is 1.70. The van der Waals surface area contributed by atoms with Gasteiger partial charge < -0.3 is 4.74 Å². The number of ether oxygens (including phenoxy) is 1. The molecule has 66 valence electrons. The summed E-state index contributed by atoms with van der Waals surface area (Å²) in [4.78, 5) is 0. The lowest BCUT2D eigenvalue weighted by atomic mass is 10.2. The molecule has 0 amide bonds. The maximum absolute atomic E-state index is 5.91. The third-order valence-corrected chi connectivity index (χ3v) is 2.02. The van der Waals surface area contributed by atoms with Crippen molar-refractivity contribution in [3.05, 3.63) is 28.8 Å². The molecule has 0 saturated carbocycles. The Bertz CT molecular complexity index is 258. The molecule has 0 aromatic heterocycles. The SMILES string of the molecule is CCOc1cc(CC)ccc1Cl. The minimum atomic E-state index is 0.660. The van der Waals surface area contributed by atoms with Gasteiger partial charge in [0.2, 0.25) is 0 Å². The third kappa shape index (κ3) is 2.15. The molecule has 1 aromatic carbocycles. The van der Waals surface area contributed by atoms with E-state index >= 15 is 0 Å². The zero-order valence-electron chi connectivity index (χ0n) is 7.43. The summed E-state index contributed by atoms with van der Waals surface area (Å²) in [6, 6.07) is 5.89. The molecule has 0 radical (unpaired) electrons. The Hall–Kier alpha value is -0.690. The number of hydrogen-bond acceptors (Lipinski definition) is 1. The van der Waals surface area contributed by atoms with E-state index < -0.39 is 0 Å². The molecule has 0 heterocycles. The summed E-state index contributed by atoms with van der Waals surface area (Å²) < 4.78 is 5.35. The second-order valence-electron chi connectivity index (χ2n) is 2.55. The van der Waals surface area contributed by atoms with E-state index in [1.165, 1.54) is 5.56 Å². The van der Waals surface area contributed by atoms with Crippen molar-refractivity contribution < 1.29 is 4.74 Å². The highest BCUT2D eigenvalue weighted by Gasteiger charge is 2.00. The first-order chi connectivity index (χ1) is 5.77. The first-order valence-corrected chi connectivity index (χ1v) is 4.57. The fourth-order valence-corrected chi connectivity index (χ4v) is 1.21. The Morgan fingerprint density at radius 2 is 2.08 bits per heavy atom. The molecule has 0 fully saturated rings. The summed E-state index contributed by atoms with van der Waals surface area (Å²) in [5.74, 6) is 0.790. The van der Waals surface area contributed by atoms with Gasteiger partial charge in [-0.15, -0.1) is 0 Å². The zero-order valence-corrected chi connectivity index (χ0v) is 8.19. The van der Waals surface area contributed by atoms with E-state index in [9.17, 15) is 0 Å². The number of halogens is 1. The highest BCUT2D eigenvalue weighted by atomic mass is 35.5. The summed E-state index contributed by atoms with van der Waals surface area (Å²) in [5.41, 5.74) is 1.25. The predicted octanol–water partition coefficient (Wildman–Crippen LogP) is 3.30. The van der Waals surface area contributed by atoms with Crippen molar-refractivity contribution in [1.29, 1.82) is 0 Å². The summed E-state index contributed by atoms with van der Waals surface area (Å²) in [7, 11) is 0. The lowest BCUT2D eigenvalue weighted by Gasteiger charge is -2.06. The number of aryl methyl sites for hydroxylation is 1. The Labute approximate surface area is 78.3 Å². The van der Waals surface area contributed by atoms with Crippen LogP contribution in [0.1, 0.15) is 19.4 Å². The van der Waals surface area contributed by atoms with Crippen LogP contribution in [-0.4, -0.2) is 6.61 Å². The summed E-state index contributed by atoms with van der Waals surface area (Å²) in [6.07, 6.45) is 1.01. The molecule has 1 aromatic rings. The molecule has 0 bridgehead atoms. The fourth-order valence-electron chi connectivity index (χ4n) is 1.03. The van der Waals surface area contributed by atoms with Gasteiger partial charge in [-0.25, -0.2) is 0 Å². The van der Waals surface area contributed by atoms with Crippen LogP contribution in [0.3, 0.4) is 0 Å². The maximum atomic E-state index is 5.91. The smallest absolute Gasteiger partial charge is 0.138 e. The Kier molecular flexibility index (Phi) is 3.42. The fraction of sp³-hybridized carbons (Fsp3) is 0.400. The van der Waals surface area contributed by atoms with E-state index in [1.807, 2.05) is 25.1 Å². The molecule has 0 unspecified atom stereocenters. The second kappa shape index (κ2) is 4.36. The van der Waals surface area contributed by atoms with E-state index in [0.717, 1.165) is 12.2 Å². The number of hydrogen-bond donors (Lipinski definition) is 0. The molecule has 0 spiro atoms. The molecule has 0 aliphatic rings. The molecular formula is C10H13ClO. The van der Waals surface area contributed by atoms with Crippen molar-refractivity contribution in [2.45, 2.75) is 20.3 Å². The molecule has 0 atom stereocenters. The molecule has 12 heavy (non-hydrogen) atoms. The molecule has 2 heteroatoms. The predicted molar refractivity (Wildman–Crippen MR) is 52.0 cm³/mol. The lowest BCUT2D eigenvalue weighted by Crippen LogP contribution is -1.93. The van der Waals surface area contributed by atoms with Gasteiger partial charge in [-0.2, -0.15) is 0 Å². The standard InChI is InChI=1S/C10H13ClO/c1-3-8-5-6-9(11)10(7-8)12-4-2/h5-7H,3-4H2,1-2H3. The van der Waals surface area contributed by atoms with Gasteiger partial charge in [0, 0.05) is 0 Å². The quantitative estimate of drug-likeness (QED) is 0.701. The van der Waals surface area contributed by atoms with Crippen molar-refractivity contribution >= 4 is 11.6 Å². The van der Waals surface area contributed by atoms with E-state index in [1.54, 1.807) is 0 Å². The van der Waals surface area contributed by atoms with Crippen LogP contribution in [0, 0.1) is 0 Å². The van der Waals surface area contributed by atoms with Gasteiger partial charge in [0.15, 0.2) is 0 Å². The van der Waals surface area contributed by atoms with Crippen molar-refractivity contribution in [2.75, 3.05) is 6.61 Å². The average Bonchev–Trinajstić information content (AvgIpc) is 2.09. The topological polar surface area (TPSA) is 9.23 Å². The maximum Gasteiger partial charge on any atom is 0.138 e.